The van der Waals surface area contributed by atoms with Crippen LogP contribution in [-0.4, -0.2) is 85.6 Å². The summed E-state index contributed by atoms with van der Waals surface area (Å²) in [6, 6.07) is 3.02. The zero-order valence-corrected chi connectivity index (χ0v) is 16.3. The SMILES string of the molecule is CCN1CCN(CC2(NC(=O)c3cc(F)ccc3F)CCN(C)CC2)CC1. The van der Waals surface area contributed by atoms with E-state index in [-0.39, 0.29) is 5.56 Å². The van der Waals surface area contributed by atoms with Gasteiger partial charge in [0.1, 0.15) is 11.6 Å². The van der Waals surface area contributed by atoms with Gasteiger partial charge in [0.15, 0.2) is 0 Å². The van der Waals surface area contributed by atoms with Crippen molar-refractivity contribution in [3.63, 3.8) is 0 Å². The lowest BCUT2D eigenvalue weighted by Gasteiger charge is -2.46. The smallest absolute Gasteiger partial charge is 0.254 e. The number of hydrogen-bond donors (Lipinski definition) is 1. The number of likely N-dealkylation sites (tertiary alicyclic amines) is 1. The molecule has 0 spiro atoms. The van der Waals surface area contributed by atoms with E-state index in [1.165, 1.54) is 0 Å². The van der Waals surface area contributed by atoms with Gasteiger partial charge in [-0.15, -0.1) is 0 Å². The van der Waals surface area contributed by atoms with E-state index >= 15 is 0 Å². The third-order valence-corrected chi connectivity index (χ3v) is 5.93. The third kappa shape index (κ3) is 5.03. The van der Waals surface area contributed by atoms with Gasteiger partial charge in [-0.1, -0.05) is 6.92 Å². The van der Waals surface area contributed by atoms with Gasteiger partial charge >= 0.3 is 0 Å². The van der Waals surface area contributed by atoms with Gasteiger partial charge in [-0.2, -0.15) is 0 Å². The highest BCUT2D eigenvalue weighted by atomic mass is 19.1. The molecule has 5 nitrogen and oxygen atoms in total. The normalized spacial score (nSPS) is 21.9. The number of likely N-dealkylation sites (N-methyl/N-ethyl adjacent to an activating group) is 1. The van der Waals surface area contributed by atoms with Gasteiger partial charge < -0.3 is 15.1 Å². The van der Waals surface area contributed by atoms with Gasteiger partial charge in [-0.05, 0) is 44.6 Å². The molecular weight excluding hydrogens is 350 g/mol. The Morgan fingerprint density at radius 1 is 1.07 bits per heavy atom. The molecule has 0 atom stereocenters. The number of amides is 1. The number of nitrogens with zero attached hydrogens (tertiary/aromatic N) is 3. The van der Waals surface area contributed by atoms with Crippen molar-refractivity contribution in [1.29, 1.82) is 0 Å². The summed E-state index contributed by atoms with van der Waals surface area (Å²) < 4.78 is 27.6. The fourth-order valence-corrected chi connectivity index (χ4v) is 4.04. The van der Waals surface area contributed by atoms with E-state index in [1.807, 2.05) is 0 Å². The van der Waals surface area contributed by atoms with Crippen molar-refractivity contribution in [2.24, 2.45) is 0 Å². The van der Waals surface area contributed by atoms with Gasteiger partial charge in [0.2, 0.25) is 0 Å². The van der Waals surface area contributed by atoms with Crippen molar-refractivity contribution < 1.29 is 13.6 Å². The Morgan fingerprint density at radius 2 is 1.70 bits per heavy atom. The topological polar surface area (TPSA) is 38.8 Å². The second kappa shape index (κ2) is 8.63. The molecule has 0 radical (unpaired) electrons. The minimum Gasteiger partial charge on any atom is -0.345 e. The Morgan fingerprint density at radius 3 is 2.33 bits per heavy atom. The maximum absolute atomic E-state index is 14.1. The molecule has 3 rings (SSSR count). The lowest BCUT2D eigenvalue weighted by atomic mass is 9.86. The molecule has 0 bridgehead atoms. The molecule has 2 aliphatic rings. The van der Waals surface area contributed by atoms with Crippen molar-refractivity contribution in [1.82, 2.24) is 20.0 Å². The highest BCUT2D eigenvalue weighted by molar-refractivity contribution is 5.95. The summed E-state index contributed by atoms with van der Waals surface area (Å²) in [6.07, 6.45) is 1.61. The molecule has 2 heterocycles. The summed E-state index contributed by atoms with van der Waals surface area (Å²) in [5.41, 5.74) is -0.624. The lowest BCUT2D eigenvalue weighted by Crippen LogP contribution is -2.62. The van der Waals surface area contributed by atoms with Crippen LogP contribution in [0.15, 0.2) is 18.2 Å². The summed E-state index contributed by atoms with van der Waals surface area (Å²) in [5.74, 6) is -1.81. The molecule has 2 fully saturated rings. The molecule has 1 amide bonds. The van der Waals surface area contributed by atoms with E-state index in [0.29, 0.717) is 0 Å². The quantitative estimate of drug-likeness (QED) is 0.846. The zero-order chi connectivity index (χ0) is 19.4. The van der Waals surface area contributed by atoms with Crippen LogP contribution in [0.25, 0.3) is 0 Å². The molecule has 0 aromatic heterocycles. The predicted molar refractivity (Wildman–Crippen MR) is 102 cm³/mol. The van der Waals surface area contributed by atoms with Gasteiger partial charge in [0.05, 0.1) is 11.1 Å². The molecule has 7 heteroatoms. The number of benzene rings is 1. The Kier molecular flexibility index (Phi) is 6.44. The Bertz CT molecular complexity index is 653. The molecule has 0 aliphatic carbocycles. The van der Waals surface area contributed by atoms with Crippen molar-refractivity contribution in [2.75, 3.05) is 59.4 Å². The first kappa shape index (κ1) is 20.2. The van der Waals surface area contributed by atoms with Gasteiger partial charge in [0.25, 0.3) is 5.91 Å². The van der Waals surface area contributed by atoms with Crippen LogP contribution >= 0.6 is 0 Å². The summed E-state index contributed by atoms with van der Waals surface area (Å²) in [4.78, 5) is 19.8. The minimum absolute atomic E-state index is 0.218. The van der Waals surface area contributed by atoms with Gasteiger partial charge in [-0.3, -0.25) is 9.69 Å². The van der Waals surface area contributed by atoms with E-state index in [0.717, 1.165) is 83.4 Å². The van der Waals surface area contributed by atoms with Crippen LogP contribution in [0.4, 0.5) is 8.78 Å². The van der Waals surface area contributed by atoms with Crippen LogP contribution in [0.2, 0.25) is 0 Å². The second-order valence-corrected chi connectivity index (χ2v) is 7.87. The number of piperazine rings is 1. The summed E-state index contributed by atoms with van der Waals surface area (Å²) in [6.45, 7) is 9.72. The molecule has 27 heavy (non-hydrogen) atoms. The van der Waals surface area contributed by atoms with Crippen LogP contribution in [0.1, 0.15) is 30.1 Å². The van der Waals surface area contributed by atoms with Gasteiger partial charge in [-0.25, -0.2) is 8.78 Å². The van der Waals surface area contributed by atoms with Crippen molar-refractivity contribution in [3.05, 3.63) is 35.4 Å². The van der Waals surface area contributed by atoms with Crippen LogP contribution in [0.3, 0.4) is 0 Å². The maximum atomic E-state index is 14.1. The van der Waals surface area contributed by atoms with E-state index in [4.69, 9.17) is 0 Å². The van der Waals surface area contributed by atoms with Crippen LogP contribution in [-0.2, 0) is 0 Å². The highest BCUT2D eigenvalue weighted by Crippen LogP contribution is 2.25. The number of piperidine rings is 1. The Hall–Kier alpha value is -1.57. The zero-order valence-electron chi connectivity index (χ0n) is 16.3. The first-order valence-electron chi connectivity index (χ1n) is 9.81. The summed E-state index contributed by atoms with van der Waals surface area (Å²) >= 11 is 0. The molecule has 1 N–H and O–H groups in total. The van der Waals surface area contributed by atoms with Crippen LogP contribution in [0.5, 0.6) is 0 Å². The van der Waals surface area contributed by atoms with E-state index in [1.54, 1.807) is 0 Å². The van der Waals surface area contributed by atoms with E-state index < -0.39 is 23.1 Å². The largest absolute Gasteiger partial charge is 0.345 e. The maximum Gasteiger partial charge on any atom is 0.254 e. The molecule has 0 saturated carbocycles. The number of carbonyl (C=O) groups is 1. The van der Waals surface area contributed by atoms with Crippen LogP contribution in [0, 0.1) is 11.6 Å². The average molecular weight is 380 g/mol. The number of carbonyl (C=O) groups excluding carboxylic acids is 1. The monoisotopic (exact) mass is 380 g/mol. The fraction of sp³-hybridized carbons (Fsp3) is 0.650. The van der Waals surface area contributed by atoms with Crippen molar-refractivity contribution in [3.8, 4) is 0 Å². The summed E-state index contributed by atoms with van der Waals surface area (Å²) in [7, 11) is 2.07. The number of halogens is 2. The lowest BCUT2D eigenvalue weighted by molar-refractivity contribution is 0.0601. The van der Waals surface area contributed by atoms with Crippen LogP contribution < -0.4 is 5.32 Å². The van der Waals surface area contributed by atoms with E-state index in [2.05, 4.69) is 34.0 Å². The fourth-order valence-electron chi connectivity index (χ4n) is 4.04. The molecular formula is C20H30F2N4O. The van der Waals surface area contributed by atoms with E-state index in [9.17, 15) is 13.6 Å². The predicted octanol–water partition coefficient (Wildman–Crippen LogP) is 1.80. The molecule has 150 valence electrons. The first-order valence-corrected chi connectivity index (χ1v) is 9.81. The highest BCUT2D eigenvalue weighted by Gasteiger charge is 2.38. The summed E-state index contributed by atoms with van der Waals surface area (Å²) in [5, 5.41) is 3.08. The third-order valence-electron chi connectivity index (χ3n) is 5.93. The Labute approximate surface area is 160 Å². The van der Waals surface area contributed by atoms with Crippen molar-refractivity contribution in [2.45, 2.75) is 25.3 Å². The average Bonchev–Trinajstić information content (AvgIpc) is 2.67. The second-order valence-electron chi connectivity index (χ2n) is 7.87. The van der Waals surface area contributed by atoms with Crippen molar-refractivity contribution >= 4 is 5.91 Å². The molecule has 0 unspecified atom stereocenters. The standard InChI is InChI=1S/C20H30F2N4O/c1-3-25-10-12-26(13-11-25)15-20(6-8-24(2)9-7-20)23-19(27)17-14-16(21)4-5-18(17)22/h4-5,14H,3,6-13,15H2,1-2H3,(H,23,27). The molecule has 1 aromatic rings. The Balaban J connectivity index is 1.73. The molecule has 2 aliphatic heterocycles. The molecule has 2 saturated heterocycles. The van der Waals surface area contributed by atoms with Gasteiger partial charge in [0, 0.05) is 45.8 Å². The first-order chi connectivity index (χ1) is 12.9. The molecule has 1 aromatic carbocycles. The number of rotatable bonds is 5. The number of hydrogen-bond acceptors (Lipinski definition) is 4. The minimum atomic E-state index is -0.687. The number of nitrogens with one attached hydrogen (secondary N) is 1.